The second-order valence-electron chi connectivity index (χ2n) is 5.97. The Labute approximate surface area is 119 Å². The van der Waals surface area contributed by atoms with Gasteiger partial charge in [-0.1, -0.05) is 27.7 Å². The van der Waals surface area contributed by atoms with Crippen LogP contribution in [0.5, 0.6) is 0 Å². The van der Waals surface area contributed by atoms with Crippen molar-refractivity contribution in [1.29, 1.82) is 0 Å². The minimum Gasteiger partial charge on any atom is -0.383 e. The van der Waals surface area contributed by atoms with Crippen molar-refractivity contribution >= 4 is 22.8 Å². The third-order valence-corrected chi connectivity index (χ3v) is 3.83. The summed E-state index contributed by atoms with van der Waals surface area (Å²) in [4.78, 5) is 8.79. The lowest BCUT2D eigenvalue weighted by Crippen LogP contribution is -2.25. The molecule has 0 radical (unpaired) electrons. The lowest BCUT2D eigenvalue weighted by atomic mass is 9.85. The van der Waals surface area contributed by atoms with Gasteiger partial charge in [0.25, 0.3) is 0 Å². The first-order valence-corrected chi connectivity index (χ1v) is 7.09. The van der Waals surface area contributed by atoms with E-state index in [2.05, 4.69) is 48.1 Å². The molecule has 3 N–H and O–H groups in total. The number of anilines is 2. The summed E-state index contributed by atoms with van der Waals surface area (Å²) >= 11 is 0. The van der Waals surface area contributed by atoms with Crippen LogP contribution in [0.25, 0.3) is 11.0 Å². The molecule has 2 heterocycles. The average molecular weight is 276 g/mol. The van der Waals surface area contributed by atoms with Gasteiger partial charge in [-0.15, -0.1) is 0 Å². The molecule has 0 spiro atoms. The fourth-order valence-corrected chi connectivity index (χ4v) is 2.57. The molecule has 2 rings (SSSR count). The van der Waals surface area contributed by atoms with E-state index in [9.17, 15) is 0 Å². The summed E-state index contributed by atoms with van der Waals surface area (Å²) < 4.78 is 1.71. The molecule has 0 bridgehead atoms. The van der Waals surface area contributed by atoms with Crippen molar-refractivity contribution in [1.82, 2.24) is 19.7 Å². The first-order valence-electron chi connectivity index (χ1n) is 7.09. The molecule has 0 unspecified atom stereocenters. The molecule has 0 aliphatic rings. The van der Waals surface area contributed by atoms with E-state index in [1.165, 1.54) is 0 Å². The Morgan fingerprint density at radius 2 is 1.85 bits per heavy atom. The third kappa shape index (κ3) is 2.84. The molecule has 0 aliphatic carbocycles. The number of nitrogen functional groups attached to an aromatic ring is 1. The highest BCUT2D eigenvalue weighted by atomic mass is 15.3. The maximum Gasteiger partial charge on any atom is 0.226 e. The van der Waals surface area contributed by atoms with Crippen molar-refractivity contribution in [3.8, 4) is 0 Å². The summed E-state index contributed by atoms with van der Waals surface area (Å²) in [5.41, 5.74) is 6.71. The SMILES string of the molecule is CC(C)C(CNc1nc(N)c2cnn(C)c2n1)C(C)C. The summed E-state index contributed by atoms with van der Waals surface area (Å²) in [6.45, 7) is 9.81. The van der Waals surface area contributed by atoms with E-state index >= 15 is 0 Å². The summed E-state index contributed by atoms with van der Waals surface area (Å²) in [6.07, 6.45) is 1.69. The highest BCUT2D eigenvalue weighted by Crippen LogP contribution is 2.22. The molecule has 0 saturated carbocycles. The highest BCUT2D eigenvalue weighted by Gasteiger charge is 2.18. The normalized spacial score (nSPS) is 12.0. The zero-order chi connectivity index (χ0) is 14.9. The minimum absolute atomic E-state index is 0.469. The van der Waals surface area contributed by atoms with E-state index < -0.39 is 0 Å². The van der Waals surface area contributed by atoms with Gasteiger partial charge in [0.05, 0.1) is 11.6 Å². The van der Waals surface area contributed by atoms with Gasteiger partial charge in [-0.05, 0) is 17.8 Å². The van der Waals surface area contributed by atoms with Crippen molar-refractivity contribution in [3.63, 3.8) is 0 Å². The predicted octanol–water partition coefficient (Wildman–Crippen LogP) is 2.29. The molecule has 0 aliphatic heterocycles. The van der Waals surface area contributed by atoms with Crippen LogP contribution < -0.4 is 11.1 Å². The van der Waals surface area contributed by atoms with E-state index in [-0.39, 0.29) is 0 Å². The monoisotopic (exact) mass is 276 g/mol. The quantitative estimate of drug-likeness (QED) is 0.875. The zero-order valence-corrected chi connectivity index (χ0v) is 12.9. The Morgan fingerprint density at radius 1 is 1.20 bits per heavy atom. The van der Waals surface area contributed by atoms with Crippen LogP contribution in [-0.4, -0.2) is 26.3 Å². The number of nitrogens with zero attached hydrogens (tertiary/aromatic N) is 4. The van der Waals surface area contributed by atoms with Crippen LogP contribution in [-0.2, 0) is 7.05 Å². The molecule has 6 nitrogen and oxygen atoms in total. The molecule has 110 valence electrons. The Kier molecular flexibility index (Phi) is 4.11. The van der Waals surface area contributed by atoms with Gasteiger partial charge in [0.15, 0.2) is 5.65 Å². The molecular formula is C14H24N6. The van der Waals surface area contributed by atoms with Crippen molar-refractivity contribution in [2.45, 2.75) is 27.7 Å². The number of fused-ring (bicyclic) bond motifs is 1. The van der Waals surface area contributed by atoms with Crippen molar-refractivity contribution in [2.75, 3.05) is 17.6 Å². The number of rotatable bonds is 5. The lowest BCUT2D eigenvalue weighted by molar-refractivity contribution is 0.304. The fraction of sp³-hybridized carbons (Fsp3) is 0.643. The van der Waals surface area contributed by atoms with Gasteiger partial charge < -0.3 is 11.1 Å². The van der Waals surface area contributed by atoms with Crippen LogP contribution in [0, 0.1) is 17.8 Å². The number of aromatic nitrogens is 4. The van der Waals surface area contributed by atoms with E-state index in [0.29, 0.717) is 29.5 Å². The number of nitrogens with one attached hydrogen (secondary N) is 1. The van der Waals surface area contributed by atoms with Crippen LogP contribution in [0.4, 0.5) is 11.8 Å². The first kappa shape index (κ1) is 14.6. The van der Waals surface area contributed by atoms with Gasteiger partial charge in [0.2, 0.25) is 5.95 Å². The van der Waals surface area contributed by atoms with Gasteiger partial charge in [-0.25, -0.2) is 0 Å². The average Bonchev–Trinajstić information content (AvgIpc) is 2.71. The van der Waals surface area contributed by atoms with Crippen LogP contribution >= 0.6 is 0 Å². The Balaban J connectivity index is 2.19. The molecule has 0 fully saturated rings. The van der Waals surface area contributed by atoms with Gasteiger partial charge in [-0.2, -0.15) is 15.1 Å². The zero-order valence-electron chi connectivity index (χ0n) is 12.9. The standard InChI is InChI=1S/C14H24N6/c1-8(2)10(9(3)4)6-16-14-18-12(15)11-7-17-20(5)13(11)19-14/h7-10H,6H2,1-5H3,(H3,15,16,18,19). The molecule has 0 amide bonds. The third-order valence-electron chi connectivity index (χ3n) is 3.83. The minimum atomic E-state index is 0.469. The van der Waals surface area contributed by atoms with Crippen LogP contribution in [0.2, 0.25) is 0 Å². The second-order valence-corrected chi connectivity index (χ2v) is 5.97. The van der Waals surface area contributed by atoms with Crippen LogP contribution in [0.1, 0.15) is 27.7 Å². The molecule has 0 aromatic carbocycles. The van der Waals surface area contributed by atoms with Gasteiger partial charge >= 0.3 is 0 Å². The van der Waals surface area contributed by atoms with Crippen molar-refractivity contribution in [2.24, 2.45) is 24.8 Å². The van der Waals surface area contributed by atoms with Gasteiger partial charge in [0, 0.05) is 13.6 Å². The topological polar surface area (TPSA) is 81.6 Å². The molecule has 20 heavy (non-hydrogen) atoms. The smallest absolute Gasteiger partial charge is 0.226 e. The largest absolute Gasteiger partial charge is 0.383 e. The number of aryl methyl sites for hydroxylation is 1. The maximum atomic E-state index is 5.95. The number of nitrogens with two attached hydrogens (primary N) is 1. The lowest BCUT2D eigenvalue weighted by Gasteiger charge is -2.25. The molecule has 6 heteroatoms. The molecule has 2 aromatic rings. The highest BCUT2D eigenvalue weighted by molar-refractivity contribution is 5.86. The van der Waals surface area contributed by atoms with Crippen LogP contribution in [0.3, 0.4) is 0 Å². The molecule has 2 aromatic heterocycles. The van der Waals surface area contributed by atoms with Crippen LogP contribution in [0.15, 0.2) is 6.20 Å². The number of hydrogen-bond acceptors (Lipinski definition) is 5. The molecular weight excluding hydrogens is 252 g/mol. The van der Waals surface area contributed by atoms with E-state index in [1.54, 1.807) is 10.9 Å². The Hall–Kier alpha value is -1.85. The van der Waals surface area contributed by atoms with E-state index in [0.717, 1.165) is 17.6 Å². The van der Waals surface area contributed by atoms with Crippen molar-refractivity contribution in [3.05, 3.63) is 6.20 Å². The molecule has 0 saturated heterocycles. The number of hydrogen-bond donors (Lipinski definition) is 2. The van der Waals surface area contributed by atoms with Gasteiger partial charge in [-0.3, -0.25) is 4.68 Å². The van der Waals surface area contributed by atoms with E-state index in [4.69, 9.17) is 5.73 Å². The first-order chi connectivity index (χ1) is 9.40. The molecule has 0 atom stereocenters. The second kappa shape index (κ2) is 5.64. The van der Waals surface area contributed by atoms with E-state index in [1.807, 2.05) is 7.05 Å². The summed E-state index contributed by atoms with van der Waals surface area (Å²) in [5.74, 6) is 2.84. The Morgan fingerprint density at radius 3 is 2.45 bits per heavy atom. The Bertz CT molecular complexity index is 579. The summed E-state index contributed by atoms with van der Waals surface area (Å²) in [6, 6.07) is 0. The predicted molar refractivity (Wildman–Crippen MR) is 82.4 cm³/mol. The summed E-state index contributed by atoms with van der Waals surface area (Å²) in [5, 5.41) is 8.26. The van der Waals surface area contributed by atoms with Gasteiger partial charge in [0.1, 0.15) is 5.82 Å². The fourth-order valence-electron chi connectivity index (χ4n) is 2.57. The van der Waals surface area contributed by atoms with Crippen molar-refractivity contribution < 1.29 is 0 Å². The summed E-state index contributed by atoms with van der Waals surface area (Å²) in [7, 11) is 1.85. The maximum absolute atomic E-state index is 5.95.